The standard InChI is InChI=1S/C9H12N2O4S/c1-10-9(12)11-7-5-3-4-6-8(7)15-16(2,13)14/h3-6H,1-2H3,(H2,10,11,12). The SMILES string of the molecule is CNC(=O)Nc1ccccc1OS(C)(=O)=O. The lowest BCUT2D eigenvalue weighted by molar-refractivity contribution is 0.254. The first-order valence-electron chi connectivity index (χ1n) is 4.39. The van der Waals surface area contributed by atoms with Gasteiger partial charge in [0.1, 0.15) is 0 Å². The smallest absolute Gasteiger partial charge is 0.319 e. The molecule has 0 aliphatic heterocycles. The predicted molar refractivity (Wildman–Crippen MR) is 60.0 cm³/mol. The Morgan fingerprint density at radius 1 is 1.31 bits per heavy atom. The molecule has 7 heteroatoms. The molecule has 2 amide bonds. The molecule has 0 radical (unpaired) electrons. The molecular weight excluding hydrogens is 232 g/mol. The highest BCUT2D eigenvalue weighted by atomic mass is 32.2. The van der Waals surface area contributed by atoms with Gasteiger partial charge < -0.3 is 14.8 Å². The molecule has 1 rings (SSSR count). The lowest BCUT2D eigenvalue weighted by Gasteiger charge is -2.09. The molecule has 2 N–H and O–H groups in total. The summed E-state index contributed by atoms with van der Waals surface area (Å²) < 4.78 is 26.6. The minimum atomic E-state index is -3.61. The molecule has 0 aromatic heterocycles. The van der Waals surface area contributed by atoms with Crippen LogP contribution >= 0.6 is 0 Å². The van der Waals surface area contributed by atoms with Crippen molar-refractivity contribution in [3.8, 4) is 5.75 Å². The summed E-state index contributed by atoms with van der Waals surface area (Å²) in [6, 6.07) is 5.79. The van der Waals surface area contributed by atoms with Gasteiger partial charge in [0.2, 0.25) is 0 Å². The molecule has 0 unspecified atom stereocenters. The van der Waals surface area contributed by atoms with Crippen molar-refractivity contribution in [3.05, 3.63) is 24.3 Å². The second kappa shape index (κ2) is 4.84. The van der Waals surface area contributed by atoms with Crippen LogP contribution in [-0.2, 0) is 10.1 Å². The molecule has 0 atom stereocenters. The summed E-state index contributed by atoms with van der Waals surface area (Å²) in [6.07, 6.45) is 0.934. The van der Waals surface area contributed by atoms with E-state index in [0.717, 1.165) is 6.26 Å². The van der Waals surface area contributed by atoms with Gasteiger partial charge in [-0.2, -0.15) is 8.42 Å². The Labute approximate surface area is 93.7 Å². The number of nitrogens with one attached hydrogen (secondary N) is 2. The van der Waals surface area contributed by atoms with E-state index in [9.17, 15) is 13.2 Å². The average molecular weight is 244 g/mol. The highest BCUT2D eigenvalue weighted by Crippen LogP contribution is 2.24. The Morgan fingerprint density at radius 3 is 2.50 bits per heavy atom. The molecular formula is C9H12N2O4S. The van der Waals surface area contributed by atoms with Gasteiger partial charge in [0.15, 0.2) is 5.75 Å². The maximum atomic E-state index is 11.1. The van der Waals surface area contributed by atoms with Gasteiger partial charge in [0, 0.05) is 7.05 Å². The topological polar surface area (TPSA) is 84.5 Å². The number of carbonyl (C=O) groups is 1. The number of rotatable bonds is 3. The molecule has 6 nitrogen and oxygen atoms in total. The van der Waals surface area contributed by atoms with Crippen molar-refractivity contribution in [2.45, 2.75) is 0 Å². The number of para-hydroxylation sites is 2. The Hall–Kier alpha value is -1.76. The summed E-state index contributed by atoms with van der Waals surface area (Å²) in [6.45, 7) is 0. The van der Waals surface area contributed by atoms with Crippen LogP contribution in [0.4, 0.5) is 10.5 Å². The minimum Gasteiger partial charge on any atom is -0.380 e. The van der Waals surface area contributed by atoms with Crippen LogP contribution in [-0.4, -0.2) is 27.8 Å². The molecule has 0 fully saturated rings. The van der Waals surface area contributed by atoms with Crippen LogP contribution in [0.2, 0.25) is 0 Å². The van der Waals surface area contributed by atoms with E-state index < -0.39 is 16.1 Å². The van der Waals surface area contributed by atoms with Crippen LogP contribution in [0.3, 0.4) is 0 Å². The molecule has 0 saturated heterocycles. The van der Waals surface area contributed by atoms with E-state index in [2.05, 4.69) is 10.6 Å². The second-order valence-corrected chi connectivity index (χ2v) is 4.56. The lowest BCUT2D eigenvalue weighted by atomic mass is 10.3. The van der Waals surface area contributed by atoms with Gasteiger partial charge in [-0.15, -0.1) is 0 Å². The van der Waals surface area contributed by atoms with Gasteiger partial charge in [-0.25, -0.2) is 4.79 Å². The maximum Gasteiger partial charge on any atom is 0.319 e. The lowest BCUT2D eigenvalue weighted by Crippen LogP contribution is -2.24. The minimum absolute atomic E-state index is 0.0774. The van der Waals surface area contributed by atoms with Gasteiger partial charge in [-0.3, -0.25) is 0 Å². The number of urea groups is 1. The molecule has 88 valence electrons. The Kier molecular flexibility index (Phi) is 3.73. The third-order valence-corrected chi connectivity index (χ3v) is 2.09. The van der Waals surface area contributed by atoms with E-state index in [4.69, 9.17) is 4.18 Å². The highest BCUT2D eigenvalue weighted by Gasteiger charge is 2.10. The molecule has 1 aromatic rings. The van der Waals surface area contributed by atoms with E-state index in [1.54, 1.807) is 12.1 Å². The first-order chi connectivity index (χ1) is 7.42. The largest absolute Gasteiger partial charge is 0.380 e. The van der Waals surface area contributed by atoms with E-state index >= 15 is 0 Å². The molecule has 1 aromatic carbocycles. The van der Waals surface area contributed by atoms with Crippen LogP contribution in [0.5, 0.6) is 5.75 Å². The number of carbonyl (C=O) groups excluding carboxylic acids is 1. The molecule has 0 aliphatic rings. The number of anilines is 1. The normalized spacial score (nSPS) is 10.6. The Bertz CT molecular complexity index is 484. The van der Waals surface area contributed by atoms with E-state index in [0.29, 0.717) is 0 Å². The third kappa shape index (κ3) is 3.77. The Morgan fingerprint density at radius 2 is 1.94 bits per heavy atom. The van der Waals surface area contributed by atoms with Crippen molar-refractivity contribution in [2.75, 3.05) is 18.6 Å². The van der Waals surface area contributed by atoms with Crippen molar-refractivity contribution in [2.24, 2.45) is 0 Å². The summed E-state index contributed by atoms with van der Waals surface area (Å²) in [5.74, 6) is 0.0774. The van der Waals surface area contributed by atoms with Gasteiger partial charge in [-0.1, -0.05) is 12.1 Å². The number of hydrogen-bond acceptors (Lipinski definition) is 4. The zero-order valence-electron chi connectivity index (χ0n) is 8.85. The zero-order valence-corrected chi connectivity index (χ0v) is 9.67. The molecule has 0 heterocycles. The fraction of sp³-hybridized carbons (Fsp3) is 0.222. The molecule has 0 spiro atoms. The number of benzene rings is 1. The van der Waals surface area contributed by atoms with Crippen LogP contribution in [0.25, 0.3) is 0 Å². The highest BCUT2D eigenvalue weighted by molar-refractivity contribution is 7.86. The summed E-state index contributed by atoms with van der Waals surface area (Å²) in [7, 11) is -2.16. The van der Waals surface area contributed by atoms with Crippen LogP contribution in [0.1, 0.15) is 0 Å². The van der Waals surface area contributed by atoms with Gasteiger partial charge in [0.05, 0.1) is 11.9 Å². The van der Waals surface area contributed by atoms with Crippen LogP contribution in [0.15, 0.2) is 24.3 Å². The van der Waals surface area contributed by atoms with Crippen molar-refractivity contribution in [3.63, 3.8) is 0 Å². The van der Waals surface area contributed by atoms with E-state index in [1.165, 1.54) is 19.2 Å². The number of hydrogen-bond donors (Lipinski definition) is 2. The van der Waals surface area contributed by atoms with E-state index in [1.807, 2.05) is 0 Å². The van der Waals surface area contributed by atoms with Crippen molar-refractivity contribution < 1.29 is 17.4 Å². The van der Waals surface area contributed by atoms with Gasteiger partial charge >= 0.3 is 16.1 Å². The molecule has 0 aliphatic carbocycles. The van der Waals surface area contributed by atoms with Gasteiger partial charge in [-0.05, 0) is 12.1 Å². The molecule has 0 bridgehead atoms. The summed E-state index contributed by atoms with van der Waals surface area (Å²) in [4.78, 5) is 11.1. The second-order valence-electron chi connectivity index (χ2n) is 2.99. The van der Waals surface area contributed by atoms with E-state index in [-0.39, 0.29) is 11.4 Å². The average Bonchev–Trinajstić information content (AvgIpc) is 2.18. The summed E-state index contributed by atoms with van der Waals surface area (Å²) in [5, 5.41) is 4.79. The van der Waals surface area contributed by atoms with Crippen molar-refractivity contribution >= 4 is 21.8 Å². The molecule has 0 saturated carbocycles. The zero-order chi connectivity index (χ0) is 12.2. The number of amides is 2. The molecule has 16 heavy (non-hydrogen) atoms. The summed E-state index contributed by atoms with van der Waals surface area (Å²) >= 11 is 0. The first-order valence-corrected chi connectivity index (χ1v) is 6.21. The van der Waals surface area contributed by atoms with Crippen LogP contribution in [0, 0.1) is 0 Å². The Balaban J connectivity index is 2.96. The first kappa shape index (κ1) is 12.3. The maximum absolute atomic E-state index is 11.1. The van der Waals surface area contributed by atoms with Crippen molar-refractivity contribution in [1.82, 2.24) is 5.32 Å². The monoisotopic (exact) mass is 244 g/mol. The van der Waals surface area contributed by atoms with Crippen molar-refractivity contribution in [1.29, 1.82) is 0 Å². The quantitative estimate of drug-likeness (QED) is 0.769. The van der Waals surface area contributed by atoms with Gasteiger partial charge in [0.25, 0.3) is 0 Å². The predicted octanol–water partition coefficient (Wildman–Crippen LogP) is 0.776. The fourth-order valence-electron chi connectivity index (χ4n) is 0.990. The fourth-order valence-corrected chi connectivity index (χ4v) is 1.46. The summed E-state index contributed by atoms with van der Waals surface area (Å²) in [5.41, 5.74) is 0.285. The van der Waals surface area contributed by atoms with Crippen LogP contribution < -0.4 is 14.8 Å². The third-order valence-electron chi connectivity index (χ3n) is 1.60.